The van der Waals surface area contributed by atoms with E-state index in [0.29, 0.717) is 6.42 Å². The normalized spacial score (nSPS) is 44.0. The highest BCUT2D eigenvalue weighted by Gasteiger charge is 2.54. The summed E-state index contributed by atoms with van der Waals surface area (Å²) in [6, 6.07) is 0. The Balaban J connectivity index is 2.60. The summed E-state index contributed by atoms with van der Waals surface area (Å²) in [6.45, 7) is 1.80. The van der Waals surface area contributed by atoms with Gasteiger partial charge in [0.15, 0.2) is 0 Å². The molecule has 0 bridgehead atoms. The minimum atomic E-state index is -1.15. The molecule has 0 aliphatic heterocycles. The first-order valence-electron chi connectivity index (χ1n) is 2.59. The molecule has 8 heavy (non-hydrogen) atoms. The van der Waals surface area contributed by atoms with E-state index in [2.05, 4.69) is 0 Å². The number of primary amides is 1. The maximum atomic E-state index is 10.3. The molecule has 0 aromatic carbocycles. The van der Waals surface area contributed by atoms with Crippen molar-refractivity contribution in [2.75, 3.05) is 0 Å². The molecule has 1 aliphatic carbocycles. The largest absolute Gasteiger partial charge is 0.380 e. The fourth-order valence-electron chi connectivity index (χ4n) is 0.751. The van der Waals surface area contributed by atoms with Gasteiger partial charge in [-0.2, -0.15) is 0 Å². The van der Waals surface area contributed by atoms with Crippen LogP contribution in [0.3, 0.4) is 0 Å². The molecular formula is C5H9NO2. The predicted octanol–water partition coefficient (Wildman–Crippen LogP) is -0.757. The molecule has 1 saturated carbocycles. The number of rotatable bonds is 1. The van der Waals surface area contributed by atoms with Crippen LogP contribution in [0.2, 0.25) is 0 Å². The Bertz CT molecular complexity index is 134. The molecule has 0 aromatic heterocycles. The zero-order valence-electron chi connectivity index (χ0n) is 4.72. The van der Waals surface area contributed by atoms with Crippen LogP contribution in [0.4, 0.5) is 0 Å². The molecule has 1 amide bonds. The number of amides is 1. The predicted molar refractivity (Wildman–Crippen MR) is 27.9 cm³/mol. The molecule has 0 radical (unpaired) electrons. The lowest BCUT2D eigenvalue weighted by molar-refractivity contribution is -0.128. The maximum absolute atomic E-state index is 10.3. The van der Waals surface area contributed by atoms with Gasteiger partial charge in [0.25, 0.3) is 0 Å². The molecular weight excluding hydrogens is 106 g/mol. The van der Waals surface area contributed by atoms with Gasteiger partial charge in [0.05, 0.1) is 0 Å². The van der Waals surface area contributed by atoms with Crippen LogP contribution in [-0.2, 0) is 4.79 Å². The van der Waals surface area contributed by atoms with E-state index in [1.807, 2.05) is 0 Å². The van der Waals surface area contributed by atoms with Gasteiger partial charge in [-0.15, -0.1) is 0 Å². The fourth-order valence-corrected chi connectivity index (χ4v) is 0.751. The summed E-state index contributed by atoms with van der Waals surface area (Å²) < 4.78 is 0. The standard InChI is InChI=1S/C5H9NO2/c1-3-2-5(3,8)4(6)7/h3,8H,2H2,1H3,(H2,6,7). The van der Waals surface area contributed by atoms with Crippen molar-refractivity contribution in [3.05, 3.63) is 0 Å². The summed E-state index contributed by atoms with van der Waals surface area (Å²) in [7, 11) is 0. The van der Waals surface area contributed by atoms with E-state index >= 15 is 0 Å². The van der Waals surface area contributed by atoms with Crippen molar-refractivity contribution < 1.29 is 9.90 Å². The van der Waals surface area contributed by atoms with Gasteiger partial charge in [0.1, 0.15) is 5.60 Å². The second-order valence-corrected chi connectivity index (χ2v) is 2.39. The minimum absolute atomic E-state index is 0.0694. The number of carbonyl (C=O) groups is 1. The minimum Gasteiger partial charge on any atom is -0.380 e. The maximum Gasteiger partial charge on any atom is 0.249 e. The highest BCUT2D eigenvalue weighted by molar-refractivity contribution is 5.86. The average Bonchev–Trinajstić information content (AvgIpc) is 2.17. The fraction of sp³-hybridized carbons (Fsp3) is 0.800. The van der Waals surface area contributed by atoms with Crippen LogP contribution < -0.4 is 5.73 Å². The summed E-state index contributed by atoms with van der Waals surface area (Å²) in [4.78, 5) is 10.3. The first kappa shape index (κ1) is 5.56. The molecule has 0 heterocycles. The molecule has 2 atom stereocenters. The van der Waals surface area contributed by atoms with Gasteiger partial charge >= 0.3 is 0 Å². The third-order valence-electron chi connectivity index (χ3n) is 1.70. The van der Waals surface area contributed by atoms with Gasteiger partial charge in [-0.25, -0.2) is 0 Å². The van der Waals surface area contributed by atoms with E-state index in [0.717, 1.165) is 0 Å². The topological polar surface area (TPSA) is 63.3 Å². The van der Waals surface area contributed by atoms with Crippen molar-refractivity contribution in [3.63, 3.8) is 0 Å². The highest BCUT2D eigenvalue weighted by atomic mass is 16.3. The summed E-state index contributed by atoms with van der Waals surface area (Å²) >= 11 is 0. The number of aliphatic hydroxyl groups is 1. The highest BCUT2D eigenvalue weighted by Crippen LogP contribution is 2.42. The lowest BCUT2D eigenvalue weighted by atomic mass is 10.3. The van der Waals surface area contributed by atoms with Crippen LogP contribution >= 0.6 is 0 Å². The van der Waals surface area contributed by atoms with Crippen molar-refractivity contribution in [3.8, 4) is 0 Å². The van der Waals surface area contributed by atoms with Crippen molar-refractivity contribution in [2.45, 2.75) is 18.9 Å². The Hall–Kier alpha value is -0.570. The molecule has 3 heteroatoms. The third-order valence-corrected chi connectivity index (χ3v) is 1.70. The van der Waals surface area contributed by atoms with Crippen molar-refractivity contribution in [2.24, 2.45) is 11.7 Å². The molecule has 1 rings (SSSR count). The van der Waals surface area contributed by atoms with Gasteiger partial charge in [0.2, 0.25) is 5.91 Å². The molecule has 0 aromatic rings. The molecule has 3 N–H and O–H groups in total. The Morgan fingerprint density at radius 3 is 2.38 bits per heavy atom. The van der Waals surface area contributed by atoms with Crippen molar-refractivity contribution >= 4 is 5.91 Å². The van der Waals surface area contributed by atoms with Crippen molar-refractivity contribution in [1.29, 1.82) is 0 Å². The molecule has 46 valence electrons. The van der Waals surface area contributed by atoms with Gasteiger partial charge in [-0.3, -0.25) is 4.79 Å². The second kappa shape index (κ2) is 1.23. The zero-order chi connectivity index (χ0) is 6.36. The molecule has 1 aliphatic rings. The summed E-state index contributed by atoms with van der Waals surface area (Å²) in [5.41, 5.74) is 3.68. The SMILES string of the molecule is CC1CC1(O)C(N)=O. The zero-order valence-corrected chi connectivity index (χ0v) is 4.72. The van der Waals surface area contributed by atoms with E-state index in [4.69, 9.17) is 10.8 Å². The van der Waals surface area contributed by atoms with Crippen LogP contribution in [0.15, 0.2) is 0 Å². The second-order valence-electron chi connectivity index (χ2n) is 2.39. The lowest BCUT2D eigenvalue weighted by Gasteiger charge is -1.99. The number of hydrogen-bond acceptors (Lipinski definition) is 2. The van der Waals surface area contributed by atoms with Gasteiger partial charge < -0.3 is 10.8 Å². The molecule has 0 saturated heterocycles. The Labute approximate surface area is 47.5 Å². The molecule has 3 nitrogen and oxygen atoms in total. The monoisotopic (exact) mass is 115 g/mol. The van der Waals surface area contributed by atoms with Crippen LogP contribution in [0.5, 0.6) is 0 Å². The third kappa shape index (κ3) is 0.512. The van der Waals surface area contributed by atoms with E-state index in [1.54, 1.807) is 6.92 Å². The number of carbonyl (C=O) groups excluding carboxylic acids is 1. The lowest BCUT2D eigenvalue weighted by Crippen LogP contribution is -2.31. The van der Waals surface area contributed by atoms with E-state index < -0.39 is 11.5 Å². The Morgan fingerprint density at radius 2 is 2.38 bits per heavy atom. The van der Waals surface area contributed by atoms with Gasteiger partial charge in [-0.1, -0.05) is 6.92 Å². The first-order valence-corrected chi connectivity index (χ1v) is 2.59. The van der Waals surface area contributed by atoms with Gasteiger partial charge in [0, 0.05) is 0 Å². The summed E-state index contributed by atoms with van der Waals surface area (Å²) in [6.07, 6.45) is 0.530. The molecule has 0 spiro atoms. The van der Waals surface area contributed by atoms with E-state index in [9.17, 15) is 4.79 Å². The van der Waals surface area contributed by atoms with Crippen molar-refractivity contribution in [1.82, 2.24) is 0 Å². The smallest absolute Gasteiger partial charge is 0.249 e. The summed E-state index contributed by atoms with van der Waals surface area (Å²) in [5.74, 6) is -0.523. The van der Waals surface area contributed by atoms with Crippen LogP contribution in [0.25, 0.3) is 0 Å². The van der Waals surface area contributed by atoms with Crippen LogP contribution in [0, 0.1) is 5.92 Å². The Kier molecular flexibility index (Phi) is 0.854. The Morgan fingerprint density at radius 1 is 2.00 bits per heavy atom. The first-order chi connectivity index (χ1) is 3.57. The summed E-state index contributed by atoms with van der Waals surface area (Å²) in [5, 5.41) is 9.00. The van der Waals surface area contributed by atoms with E-state index in [1.165, 1.54) is 0 Å². The van der Waals surface area contributed by atoms with E-state index in [-0.39, 0.29) is 5.92 Å². The van der Waals surface area contributed by atoms with Crippen LogP contribution in [-0.4, -0.2) is 16.6 Å². The molecule has 2 unspecified atom stereocenters. The quantitative estimate of drug-likeness (QED) is 0.472. The molecule has 1 fully saturated rings. The van der Waals surface area contributed by atoms with Crippen LogP contribution in [0.1, 0.15) is 13.3 Å². The van der Waals surface area contributed by atoms with Gasteiger partial charge in [-0.05, 0) is 12.3 Å². The number of hydrogen-bond donors (Lipinski definition) is 2. The average molecular weight is 115 g/mol. The number of nitrogens with two attached hydrogens (primary N) is 1.